The molecule has 0 spiro atoms. The van der Waals surface area contributed by atoms with E-state index in [0.29, 0.717) is 5.75 Å². The van der Waals surface area contributed by atoms with E-state index in [2.05, 4.69) is 0 Å². The van der Waals surface area contributed by atoms with E-state index in [1.165, 1.54) is 6.92 Å². The minimum Gasteiger partial charge on any atom is -0.243 e. The highest BCUT2D eigenvalue weighted by Crippen LogP contribution is 2.37. The highest BCUT2D eigenvalue weighted by atomic mass is 32.2. The van der Waals surface area contributed by atoms with Gasteiger partial charge in [0.15, 0.2) is 0 Å². The lowest BCUT2D eigenvalue weighted by atomic mass is 10.1. The summed E-state index contributed by atoms with van der Waals surface area (Å²) in [6.07, 6.45) is 0.0671. The summed E-state index contributed by atoms with van der Waals surface area (Å²) in [5.41, 5.74) is -2.21. The van der Waals surface area contributed by atoms with Crippen molar-refractivity contribution in [2.45, 2.75) is 24.5 Å². The summed E-state index contributed by atoms with van der Waals surface area (Å²) in [7, 11) is 0. The molecule has 0 saturated carbocycles. The van der Waals surface area contributed by atoms with Gasteiger partial charge in [-0.2, -0.15) is 0 Å². The monoisotopic (exact) mass is 138 g/mol. The summed E-state index contributed by atoms with van der Waals surface area (Å²) in [6.45, 7) is 1.44. The van der Waals surface area contributed by atoms with Gasteiger partial charge < -0.3 is 0 Å². The van der Waals surface area contributed by atoms with Crippen LogP contribution in [0.15, 0.2) is 0 Å². The molecule has 3 heteroatoms. The van der Waals surface area contributed by atoms with Crippen molar-refractivity contribution >= 4 is 11.8 Å². The Labute approximate surface area is 51.6 Å². The second-order valence-corrected chi connectivity index (χ2v) is 3.47. The lowest BCUT2D eigenvalue weighted by Crippen LogP contribution is -2.15. The molecule has 0 aromatic carbocycles. The van der Waals surface area contributed by atoms with E-state index in [1.807, 2.05) is 0 Å². The van der Waals surface area contributed by atoms with Gasteiger partial charge in [-0.05, 0) is 6.92 Å². The number of halogens is 2. The normalized spacial score (nSPS) is 47.6. The van der Waals surface area contributed by atoms with E-state index >= 15 is 0 Å². The standard InChI is InChI=1S/C5H8F2S/c1-5(7)2-4(6)8-3-5/h4H,2-3H2,1H3. The minimum absolute atomic E-state index is 0.0671. The van der Waals surface area contributed by atoms with Crippen LogP contribution in [0.1, 0.15) is 13.3 Å². The van der Waals surface area contributed by atoms with Crippen molar-refractivity contribution in [3.63, 3.8) is 0 Å². The lowest BCUT2D eigenvalue weighted by Gasteiger charge is -2.07. The van der Waals surface area contributed by atoms with Gasteiger partial charge in [0.05, 0.1) is 0 Å². The van der Waals surface area contributed by atoms with Crippen LogP contribution in [0, 0.1) is 0 Å². The van der Waals surface area contributed by atoms with Gasteiger partial charge in [0.1, 0.15) is 11.2 Å². The van der Waals surface area contributed by atoms with Crippen molar-refractivity contribution in [3.8, 4) is 0 Å². The molecule has 0 aromatic rings. The molecule has 8 heavy (non-hydrogen) atoms. The van der Waals surface area contributed by atoms with Crippen LogP contribution in [0.4, 0.5) is 8.78 Å². The van der Waals surface area contributed by atoms with E-state index in [4.69, 9.17) is 0 Å². The average Bonchev–Trinajstić information content (AvgIpc) is 1.82. The molecule has 0 aromatic heterocycles. The van der Waals surface area contributed by atoms with Crippen molar-refractivity contribution in [1.82, 2.24) is 0 Å². The van der Waals surface area contributed by atoms with Gasteiger partial charge in [-0.3, -0.25) is 0 Å². The highest BCUT2D eigenvalue weighted by Gasteiger charge is 2.35. The molecular formula is C5H8F2S. The summed E-state index contributed by atoms with van der Waals surface area (Å²) in [5, 5.41) is 0. The maximum Gasteiger partial charge on any atom is 0.149 e. The zero-order valence-electron chi connectivity index (χ0n) is 4.66. The Morgan fingerprint density at radius 3 is 2.50 bits per heavy atom. The van der Waals surface area contributed by atoms with Crippen LogP contribution >= 0.6 is 11.8 Å². The Bertz CT molecular complexity index is 92.4. The van der Waals surface area contributed by atoms with Crippen LogP contribution < -0.4 is 0 Å². The van der Waals surface area contributed by atoms with Gasteiger partial charge in [0.2, 0.25) is 0 Å². The molecule has 0 N–H and O–H groups in total. The second-order valence-electron chi connectivity index (χ2n) is 2.34. The van der Waals surface area contributed by atoms with Crippen molar-refractivity contribution in [1.29, 1.82) is 0 Å². The number of alkyl halides is 2. The molecule has 0 aliphatic carbocycles. The van der Waals surface area contributed by atoms with Gasteiger partial charge in [-0.25, -0.2) is 8.78 Å². The Morgan fingerprint density at radius 1 is 1.75 bits per heavy atom. The Hall–Kier alpha value is 0.210. The third-order valence-electron chi connectivity index (χ3n) is 1.15. The fourth-order valence-corrected chi connectivity index (χ4v) is 1.83. The lowest BCUT2D eigenvalue weighted by molar-refractivity contribution is 0.196. The maximum absolute atomic E-state index is 12.6. The molecule has 1 saturated heterocycles. The molecular weight excluding hydrogens is 130 g/mol. The van der Waals surface area contributed by atoms with E-state index in [0.717, 1.165) is 11.8 Å². The average molecular weight is 138 g/mol. The molecule has 0 radical (unpaired) electrons. The molecule has 2 atom stereocenters. The van der Waals surface area contributed by atoms with Crippen molar-refractivity contribution < 1.29 is 8.78 Å². The maximum atomic E-state index is 12.6. The largest absolute Gasteiger partial charge is 0.243 e. The van der Waals surface area contributed by atoms with Gasteiger partial charge in [-0.15, -0.1) is 11.8 Å². The number of hydrogen-bond acceptors (Lipinski definition) is 1. The Kier molecular flexibility index (Phi) is 1.48. The first kappa shape index (κ1) is 6.33. The quantitative estimate of drug-likeness (QED) is 0.494. The summed E-state index contributed by atoms with van der Waals surface area (Å²) < 4.78 is 24.7. The molecule has 1 aliphatic rings. The molecule has 0 nitrogen and oxygen atoms in total. The molecule has 0 bridgehead atoms. The van der Waals surface area contributed by atoms with Crippen LogP contribution in [-0.2, 0) is 0 Å². The summed E-state index contributed by atoms with van der Waals surface area (Å²) in [4.78, 5) is 0. The number of rotatable bonds is 0. The van der Waals surface area contributed by atoms with Crippen molar-refractivity contribution in [2.75, 3.05) is 5.75 Å². The Balaban J connectivity index is 2.44. The predicted molar refractivity (Wildman–Crippen MR) is 31.5 cm³/mol. The van der Waals surface area contributed by atoms with E-state index in [1.54, 1.807) is 0 Å². The third-order valence-corrected chi connectivity index (χ3v) is 2.45. The van der Waals surface area contributed by atoms with Crippen LogP contribution in [0.5, 0.6) is 0 Å². The summed E-state index contributed by atoms with van der Waals surface area (Å²) in [5.74, 6) is 0.314. The minimum atomic E-state index is -1.25. The van der Waals surface area contributed by atoms with Crippen LogP contribution in [0.25, 0.3) is 0 Å². The van der Waals surface area contributed by atoms with Gasteiger partial charge in [-0.1, -0.05) is 0 Å². The molecule has 48 valence electrons. The molecule has 2 unspecified atom stereocenters. The van der Waals surface area contributed by atoms with Gasteiger partial charge in [0.25, 0.3) is 0 Å². The Morgan fingerprint density at radius 2 is 2.38 bits per heavy atom. The van der Waals surface area contributed by atoms with Crippen LogP contribution in [0.3, 0.4) is 0 Å². The van der Waals surface area contributed by atoms with Crippen LogP contribution in [-0.4, -0.2) is 16.9 Å². The van der Waals surface area contributed by atoms with E-state index < -0.39 is 11.2 Å². The van der Waals surface area contributed by atoms with Gasteiger partial charge in [0, 0.05) is 12.2 Å². The van der Waals surface area contributed by atoms with E-state index in [9.17, 15) is 8.78 Å². The highest BCUT2D eigenvalue weighted by molar-refractivity contribution is 8.00. The fourth-order valence-electron chi connectivity index (χ4n) is 0.717. The molecule has 1 fully saturated rings. The summed E-state index contributed by atoms with van der Waals surface area (Å²) >= 11 is 1.06. The first-order valence-electron chi connectivity index (χ1n) is 2.55. The topological polar surface area (TPSA) is 0 Å². The summed E-state index contributed by atoms with van der Waals surface area (Å²) in [6, 6.07) is 0. The predicted octanol–water partition coefficient (Wildman–Crippen LogP) is 2.15. The molecule has 1 aliphatic heterocycles. The first-order valence-corrected chi connectivity index (χ1v) is 3.60. The zero-order chi connectivity index (χ0) is 6.20. The van der Waals surface area contributed by atoms with Crippen molar-refractivity contribution in [2.24, 2.45) is 0 Å². The first-order chi connectivity index (χ1) is 3.60. The smallest absolute Gasteiger partial charge is 0.149 e. The fraction of sp³-hybridized carbons (Fsp3) is 1.00. The van der Waals surface area contributed by atoms with Crippen molar-refractivity contribution in [3.05, 3.63) is 0 Å². The zero-order valence-corrected chi connectivity index (χ0v) is 5.47. The number of hydrogen-bond donors (Lipinski definition) is 0. The second kappa shape index (κ2) is 1.87. The SMILES string of the molecule is CC1(F)CSC(F)C1. The van der Waals surface area contributed by atoms with E-state index in [-0.39, 0.29) is 6.42 Å². The molecule has 0 amide bonds. The molecule has 1 rings (SSSR count). The van der Waals surface area contributed by atoms with Crippen LogP contribution in [0.2, 0.25) is 0 Å². The molecule has 1 heterocycles. The number of thioether (sulfide) groups is 1. The third kappa shape index (κ3) is 1.34. The van der Waals surface area contributed by atoms with Gasteiger partial charge >= 0.3 is 0 Å².